The first kappa shape index (κ1) is 13.9. The van der Waals surface area contributed by atoms with Gasteiger partial charge in [0.05, 0.1) is 6.10 Å². The minimum absolute atomic E-state index is 0.00957. The van der Waals surface area contributed by atoms with Crippen LogP contribution in [0.25, 0.3) is 0 Å². The molecule has 0 saturated carbocycles. The third kappa shape index (κ3) is 3.41. The summed E-state index contributed by atoms with van der Waals surface area (Å²) in [6.45, 7) is 6.27. The predicted octanol–water partition coefficient (Wildman–Crippen LogP) is 0.729. The molecule has 2 atom stereocenters. The Kier molecular flexibility index (Phi) is 4.73. The van der Waals surface area contributed by atoms with E-state index in [1.54, 1.807) is 7.05 Å². The quantitative estimate of drug-likeness (QED) is 0.782. The van der Waals surface area contributed by atoms with Crippen molar-refractivity contribution in [2.45, 2.75) is 51.8 Å². The largest absolute Gasteiger partial charge is 0.377 e. The van der Waals surface area contributed by atoms with Gasteiger partial charge in [-0.2, -0.15) is 17.4 Å². The molecule has 16 heavy (non-hydrogen) atoms. The predicted molar refractivity (Wildman–Crippen MR) is 63.4 cm³/mol. The Bertz CT molecular complexity index is 310. The lowest BCUT2D eigenvalue weighted by molar-refractivity contribution is 0.0896. The van der Waals surface area contributed by atoms with Crippen LogP contribution in [0.3, 0.4) is 0 Å². The third-order valence-electron chi connectivity index (χ3n) is 2.96. The zero-order chi connectivity index (χ0) is 12.3. The molecule has 96 valence electrons. The first-order chi connectivity index (χ1) is 7.34. The van der Waals surface area contributed by atoms with Crippen LogP contribution in [0, 0.1) is 0 Å². The molecule has 6 heteroatoms. The van der Waals surface area contributed by atoms with Crippen LogP contribution in [-0.2, 0) is 14.9 Å². The van der Waals surface area contributed by atoms with E-state index in [4.69, 9.17) is 4.74 Å². The Balaban J connectivity index is 2.58. The Morgan fingerprint density at radius 2 is 2.00 bits per heavy atom. The van der Waals surface area contributed by atoms with Gasteiger partial charge in [-0.05, 0) is 33.6 Å². The molecule has 1 fully saturated rings. The van der Waals surface area contributed by atoms with Gasteiger partial charge in [0.2, 0.25) is 0 Å². The molecule has 0 unspecified atom stereocenters. The van der Waals surface area contributed by atoms with Crippen molar-refractivity contribution in [2.75, 3.05) is 13.7 Å². The molecule has 0 aromatic carbocycles. The van der Waals surface area contributed by atoms with Crippen molar-refractivity contribution in [3.05, 3.63) is 0 Å². The second kappa shape index (κ2) is 5.44. The molecule has 0 radical (unpaired) electrons. The van der Waals surface area contributed by atoms with Gasteiger partial charge in [0, 0.05) is 25.7 Å². The van der Waals surface area contributed by atoms with Crippen molar-refractivity contribution in [2.24, 2.45) is 0 Å². The molecule has 0 spiro atoms. The molecule has 1 rings (SSSR count). The standard InChI is InChI=1S/C10H22N2O3S/c1-8(2)12(4)16(13,14)11-9(3)10-6-5-7-15-10/h8-11H,5-7H2,1-4H3/t9-,10+/m1/s1. The molecule has 0 amide bonds. The Morgan fingerprint density at radius 1 is 1.38 bits per heavy atom. The molecule has 0 bridgehead atoms. The van der Waals surface area contributed by atoms with Gasteiger partial charge < -0.3 is 4.74 Å². The van der Waals surface area contributed by atoms with Gasteiger partial charge in [-0.3, -0.25) is 0 Å². The Morgan fingerprint density at radius 3 is 2.44 bits per heavy atom. The minimum atomic E-state index is -3.39. The first-order valence-corrected chi connectivity index (χ1v) is 7.15. The molecule has 1 heterocycles. The number of nitrogens with one attached hydrogen (secondary N) is 1. The van der Waals surface area contributed by atoms with Crippen LogP contribution < -0.4 is 4.72 Å². The number of nitrogens with zero attached hydrogens (tertiary/aromatic N) is 1. The van der Waals surface area contributed by atoms with E-state index in [9.17, 15) is 8.42 Å². The summed E-state index contributed by atoms with van der Waals surface area (Å²) < 4.78 is 33.2. The lowest BCUT2D eigenvalue weighted by atomic mass is 10.1. The fourth-order valence-corrected chi connectivity index (χ4v) is 3.01. The van der Waals surface area contributed by atoms with Crippen LogP contribution >= 0.6 is 0 Å². The van der Waals surface area contributed by atoms with Gasteiger partial charge in [0.15, 0.2) is 0 Å². The van der Waals surface area contributed by atoms with Gasteiger partial charge in [-0.1, -0.05) is 0 Å². The van der Waals surface area contributed by atoms with Crippen molar-refractivity contribution in [3.8, 4) is 0 Å². The smallest absolute Gasteiger partial charge is 0.279 e. The summed E-state index contributed by atoms with van der Waals surface area (Å²) in [5, 5.41) is 0. The van der Waals surface area contributed by atoms with E-state index in [2.05, 4.69) is 4.72 Å². The van der Waals surface area contributed by atoms with Crippen molar-refractivity contribution < 1.29 is 13.2 Å². The Labute approximate surface area is 98.3 Å². The van der Waals surface area contributed by atoms with Crippen LogP contribution in [0.1, 0.15) is 33.6 Å². The van der Waals surface area contributed by atoms with E-state index in [0.717, 1.165) is 19.4 Å². The normalized spacial score (nSPS) is 24.2. The lowest BCUT2D eigenvalue weighted by Gasteiger charge is -2.26. The summed E-state index contributed by atoms with van der Waals surface area (Å²) in [5.41, 5.74) is 0. The summed E-state index contributed by atoms with van der Waals surface area (Å²) in [7, 11) is -1.81. The molecule has 5 nitrogen and oxygen atoms in total. The molecule has 1 aliphatic rings. The van der Waals surface area contributed by atoms with Crippen molar-refractivity contribution >= 4 is 10.2 Å². The highest BCUT2D eigenvalue weighted by Gasteiger charge is 2.28. The maximum absolute atomic E-state index is 11.9. The molecule has 1 aliphatic heterocycles. The summed E-state index contributed by atoms with van der Waals surface area (Å²) >= 11 is 0. The molecule has 1 saturated heterocycles. The van der Waals surface area contributed by atoms with E-state index in [1.807, 2.05) is 20.8 Å². The third-order valence-corrected chi connectivity index (χ3v) is 4.81. The van der Waals surface area contributed by atoms with Gasteiger partial charge in [-0.15, -0.1) is 0 Å². The number of hydrogen-bond acceptors (Lipinski definition) is 3. The minimum Gasteiger partial charge on any atom is -0.377 e. The van der Waals surface area contributed by atoms with E-state index < -0.39 is 10.2 Å². The number of ether oxygens (including phenoxy) is 1. The van der Waals surface area contributed by atoms with E-state index in [1.165, 1.54) is 4.31 Å². The maximum atomic E-state index is 11.9. The average molecular weight is 250 g/mol. The van der Waals surface area contributed by atoms with E-state index >= 15 is 0 Å². The SMILES string of the molecule is CC(C)N(C)S(=O)(=O)N[C@H](C)[C@@H]1CCCO1. The van der Waals surface area contributed by atoms with E-state index in [-0.39, 0.29) is 18.2 Å². The van der Waals surface area contributed by atoms with Crippen LogP contribution in [0.5, 0.6) is 0 Å². The fourth-order valence-electron chi connectivity index (χ4n) is 1.67. The highest BCUT2D eigenvalue weighted by Crippen LogP contribution is 2.16. The van der Waals surface area contributed by atoms with Gasteiger partial charge in [0.1, 0.15) is 0 Å². The molecule has 0 aliphatic carbocycles. The van der Waals surface area contributed by atoms with Gasteiger partial charge in [0.25, 0.3) is 10.2 Å². The second-order valence-electron chi connectivity index (χ2n) is 4.57. The van der Waals surface area contributed by atoms with Crippen molar-refractivity contribution in [1.29, 1.82) is 0 Å². The summed E-state index contributed by atoms with van der Waals surface area (Å²) in [6.07, 6.45) is 1.95. The van der Waals surface area contributed by atoms with Crippen molar-refractivity contribution in [3.63, 3.8) is 0 Å². The molecule has 0 aromatic rings. The first-order valence-electron chi connectivity index (χ1n) is 5.71. The van der Waals surface area contributed by atoms with Crippen molar-refractivity contribution in [1.82, 2.24) is 9.03 Å². The molecular weight excluding hydrogens is 228 g/mol. The fraction of sp³-hybridized carbons (Fsp3) is 1.00. The highest BCUT2D eigenvalue weighted by atomic mass is 32.2. The molecule has 1 N–H and O–H groups in total. The summed E-state index contributed by atoms with van der Waals surface area (Å²) in [5.74, 6) is 0. The average Bonchev–Trinajstić information content (AvgIpc) is 2.68. The highest BCUT2D eigenvalue weighted by molar-refractivity contribution is 7.87. The Hall–Kier alpha value is -0.170. The van der Waals surface area contributed by atoms with E-state index in [0.29, 0.717) is 0 Å². The molecular formula is C10H22N2O3S. The van der Waals surface area contributed by atoms with Crippen LogP contribution in [0.15, 0.2) is 0 Å². The zero-order valence-corrected chi connectivity index (χ0v) is 11.3. The van der Waals surface area contributed by atoms with Gasteiger partial charge in [-0.25, -0.2) is 0 Å². The summed E-state index contributed by atoms with van der Waals surface area (Å²) in [4.78, 5) is 0. The topological polar surface area (TPSA) is 58.6 Å². The second-order valence-corrected chi connectivity index (χ2v) is 6.33. The molecule has 0 aromatic heterocycles. The monoisotopic (exact) mass is 250 g/mol. The van der Waals surface area contributed by atoms with Gasteiger partial charge >= 0.3 is 0 Å². The maximum Gasteiger partial charge on any atom is 0.279 e. The van der Waals surface area contributed by atoms with Crippen LogP contribution in [-0.4, -0.2) is 44.6 Å². The van der Waals surface area contributed by atoms with Crippen LogP contribution in [0.2, 0.25) is 0 Å². The van der Waals surface area contributed by atoms with Crippen LogP contribution in [0.4, 0.5) is 0 Å². The summed E-state index contributed by atoms with van der Waals surface area (Å²) in [6, 6.07) is -0.220. The lowest BCUT2D eigenvalue weighted by Crippen LogP contribution is -2.48. The zero-order valence-electron chi connectivity index (χ0n) is 10.4. The number of hydrogen-bond donors (Lipinski definition) is 1. The number of rotatable bonds is 5.